The van der Waals surface area contributed by atoms with E-state index in [-0.39, 0.29) is 12.1 Å². The first-order valence-corrected chi connectivity index (χ1v) is 3.96. The fourth-order valence-corrected chi connectivity index (χ4v) is 0.942. The van der Waals surface area contributed by atoms with E-state index in [4.69, 9.17) is 10.8 Å². The zero-order valence-electron chi connectivity index (χ0n) is 7.36. The lowest BCUT2D eigenvalue weighted by molar-refractivity contribution is -0.117. The van der Waals surface area contributed by atoms with E-state index in [1.165, 1.54) is 6.07 Å². The molecule has 14 heavy (non-hydrogen) atoms. The van der Waals surface area contributed by atoms with Gasteiger partial charge in [0.15, 0.2) is 0 Å². The molecular weight excluding hydrogens is 184 g/mol. The molecule has 0 radical (unpaired) electrons. The topological polar surface area (TPSA) is 96.2 Å². The summed E-state index contributed by atoms with van der Waals surface area (Å²) in [6, 6.07) is 1.47. The van der Waals surface area contributed by atoms with Crippen LogP contribution in [0.3, 0.4) is 0 Å². The van der Waals surface area contributed by atoms with Crippen LogP contribution in [-0.4, -0.2) is 22.0 Å². The normalized spacial score (nSPS) is 10.6. The van der Waals surface area contributed by atoms with Crippen LogP contribution in [-0.2, 0) is 4.79 Å². The Morgan fingerprint density at radius 1 is 1.57 bits per heavy atom. The number of carbonyl (C=O) groups excluding carboxylic acids is 1. The molecule has 1 heterocycles. The van der Waals surface area contributed by atoms with Gasteiger partial charge in [-0.3, -0.25) is 4.79 Å². The number of H-pyrrole nitrogens is 1. The fraction of sp³-hybridized carbons (Fsp3) is 0.111. The monoisotopic (exact) mass is 194 g/mol. The van der Waals surface area contributed by atoms with E-state index < -0.39 is 11.9 Å². The molecule has 0 aromatic carbocycles. The molecule has 1 amide bonds. The SMILES string of the molecule is NC(=O)CC=Cc1c[nH]c(C(=O)O)c1. The van der Waals surface area contributed by atoms with Crippen molar-refractivity contribution >= 4 is 18.0 Å². The first-order valence-electron chi connectivity index (χ1n) is 3.96. The van der Waals surface area contributed by atoms with Gasteiger partial charge < -0.3 is 15.8 Å². The van der Waals surface area contributed by atoms with E-state index in [2.05, 4.69) is 4.98 Å². The van der Waals surface area contributed by atoms with Gasteiger partial charge in [0, 0.05) is 12.6 Å². The maximum atomic E-state index is 10.5. The molecule has 4 N–H and O–H groups in total. The number of rotatable bonds is 4. The number of aromatic amines is 1. The number of amides is 1. The van der Waals surface area contributed by atoms with E-state index in [0.29, 0.717) is 5.56 Å². The minimum atomic E-state index is -1.01. The smallest absolute Gasteiger partial charge is 0.352 e. The Hall–Kier alpha value is -2.04. The molecule has 5 heteroatoms. The van der Waals surface area contributed by atoms with Crippen LogP contribution in [0.1, 0.15) is 22.5 Å². The summed E-state index contributed by atoms with van der Waals surface area (Å²) in [6.07, 6.45) is 4.90. The third-order valence-electron chi connectivity index (χ3n) is 1.57. The maximum Gasteiger partial charge on any atom is 0.352 e. The lowest BCUT2D eigenvalue weighted by Crippen LogP contribution is -2.07. The summed E-state index contributed by atoms with van der Waals surface area (Å²) in [7, 11) is 0. The first-order chi connectivity index (χ1) is 6.59. The Bertz CT molecular complexity index is 379. The van der Waals surface area contributed by atoms with Crippen molar-refractivity contribution in [2.24, 2.45) is 5.73 Å². The molecule has 1 rings (SSSR count). The number of nitrogens with two attached hydrogens (primary N) is 1. The molecule has 0 atom stereocenters. The van der Waals surface area contributed by atoms with Crippen molar-refractivity contribution in [3.05, 3.63) is 29.6 Å². The molecule has 0 spiro atoms. The average molecular weight is 194 g/mol. The number of nitrogens with one attached hydrogen (secondary N) is 1. The van der Waals surface area contributed by atoms with Crippen molar-refractivity contribution in [2.45, 2.75) is 6.42 Å². The standard InChI is InChI=1S/C9H10N2O3/c10-8(12)3-1-2-6-4-7(9(13)14)11-5-6/h1-2,4-5,11H,3H2,(H2,10,12)(H,13,14). The summed E-state index contributed by atoms with van der Waals surface area (Å²) in [5, 5.41) is 8.58. The summed E-state index contributed by atoms with van der Waals surface area (Å²) < 4.78 is 0. The highest BCUT2D eigenvalue weighted by Crippen LogP contribution is 2.05. The minimum absolute atomic E-state index is 0.115. The van der Waals surface area contributed by atoms with Gasteiger partial charge in [0.1, 0.15) is 5.69 Å². The molecule has 5 nitrogen and oxygen atoms in total. The Kier molecular flexibility index (Phi) is 3.06. The Balaban J connectivity index is 2.64. The number of hydrogen-bond donors (Lipinski definition) is 3. The molecule has 0 unspecified atom stereocenters. The molecule has 0 bridgehead atoms. The van der Waals surface area contributed by atoms with E-state index in [0.717, 1.165) is 0 Å². The van der Waals surface area contributed by atoms with Gasteiger partial charge in [-0.1, -0.05) is 12.2 Å². The van der Waals surface area contributed by atoms with E-state index in [9.17, 15) is 9.59 Å². The third kappa shape index (κ3) is 2.78. The number of primary amides is 1. The van der Waals surface area contributed by atoms with Crippen molar-refractivity contribution in [3.63, 3.8) is 0 Å². The van der Waals surface area contributed by atoms with Gasteiger partial charge in [-0.15, -0.1) is 0 Å². The molecular formula is C9H10N2O3. The predicted molar refractivity (Wildman–Crippen MR) is 50.6 cm³/mol. The van der Waals surface area contributed by atoms with Crippen LogP contribution in [0.25, 0.3) is 6.08 Å². The summed E-state index contributed by atoms with van der Waals surface area (Å²) in [6.45, 7) is 0. The second kappa shape index (κ2) is 4.27. The van der Waals surface area contributed by atoms with Crippen molar-refractivity contribution < 1.29 is 14.7 Å². The molecule has 0 aliphatic carbocycles. The largest absolute Gasteiger partial charge is 0.477 e. The van der Waals surface area contributed by atoms with E-state index in [1.54, 1.807) is 18.3 Å². The van der Waals surface area contributed by atoms with Gasteiger partial charge in [0.05, 0.1) is 0 Å². The van der Waals surface area contributed by atoms with Crippen LogP contribution < -0.4 is 5.73 Å². The van der Waals surface area contributed by atoms with E-state index >= 15 is 0 Å². The molecule has 1 aromatic rings. The van der Waals surface area contributed by atoms with Gasteiger partial charge in [0.25, 0.3) is 0 Å². The Morgan fingerprint density at radius 3 is 2.79 bits per heavy atom. The summed E-state index contributed by atoms with van der Waals surface area (Å²) in [5.74, 6) is -1.44. The van der Waals surface area contributed by atoms with Crippen LogP contribution >= 0.6 is 0 Å². The average Bonchev–Trinajstić information content (AvgIpc) is 2.52. The third-order valence-corrected chi connectivity index (χ3v) is 1.57. The number of carbonyl (C=O) groups is 2. The van der Waals surface area contributed by atoms with Crippen LogP contribution in [0.4, 0.5) is 0 Å². The molecule has 0 fully saturated rings. The van der Waals surface area contributed by atoms with E-state index in [1.807, 2.05) is 0 Å². The Morgan fingerprint density at radius 2 is 2.29 bits per heavy atom. The highest BCUT2D eigenvalue weighted by atomic mass is 16.4. The van der Waals surface area contributed by atoms with Gasteiger partial charge in [0.2, 0.25) is 5.91 Å². The van der Waals surface area contributed by atoms with Gasteiger partial charge in [-0.25, -0.2) is 4.79 Å². The number of aromatic carboxylic acids is 1. The number of hydrogen-bond acceptors (Lipinski definition) is 2. The molecule has 1 aromatic heterocycles. The summed E-state index contributed by atoms with van der Waals surface area (Å²) in [4.78, 5) is 23.4. The minimum Gasteiger partial charge on any atom is -0.477 e. The summed E-state index contributed by atoms with van der Waals surface area (Å²) in [5.41, 5.74) is 5.73. The van der Waals surface area contributed by atoms with Gasteiger partial charge in [-0.05, 0) is 11.6 Å². The van der Waals surface area contributed by atoms with Crippen molar-refractivity contribution in [3.8, 4) is 0 Å². The molecule has 0 saturated carbocycles. The van der Waals surface area contributed by atoms with Crippen LogP contribution in [0.5, 0.6) is 0 Å². The Labute approximate surface area is 80.2 Å². The quantitative estimate of drug-likeness (QED) is 0.654. The van der Waals surface area contributed by atoms with Crippen molar-refractivity contribution in [2.75, 3.05) is 0 Å². The number of carboxylic acid groups (broad SMARTS) is 1. The van der Waals surface area contributed by atoms with Crippen LogP contribution in [0.2, 0.25) is 0 Å². The van der Waals surface area contributed by atoms with Gasteiger partial charge >= 0.3 is 5.97 Å². The predicted octanol–water partition coefficient (Wildman–Crippen LogP) is 0.601. The van der Waals surface area contributed by atoms with Crippen LogP contribution in [0, 0.1) is 0 Å². The molecule has 0 aliphatic heterocycles. The summed E-state index contributed by atoms with van der Waals surface area (Å²) >= 11 is 0. The van der Waals surface area contributed by atoms with Crippen molar-refractivity contribution in [1.82, 2.24) is 4.98 Å². The van der Waals surface area contributed by atoms with Crippen LogP contribution in [0.15, 0.2) is 18.3 Å². The lowest BCUT2D eigenvalue weighted by Gasteiger charge is -1.84. The number of aromatic nitrogens is 1. The molecule has 0 aliphatic rings. The zero-order valence-corrected chi connectivity index (χ0v) is 7.36. The highest BCUT2D eigenvalue weighted by molar-refractivity contribution is 5.86. The van der Waals surface area contributed by atoms with Crippen molar-refractivity contribution in [1.29, 1.82) is 0 Å². The fourth-order valence-electron chi connectivity index (χ4n) is 0.942. The zero-order chi connectivity index (χ0) is 10.6. The number of carboxylic acids is 1. The lowest BCUT2D eigenvalue weighted by atomic mass is 10.2. The highest BCUT2D eigenvalue weighted by Gasteiger charge is 2.03. The first kappa shape index (κ1) is 10.0. The van der Waals surface area contributed by atoms with Gasteiger partial charge in [-0.2, -0.15) is 0 Å². The second-order valence-corrected chi connectivity index (χ2v) is 2.72. The molecule has 74 valence electrons. The maximum absolute atomic E-state index is 10.5. The molecule has 0 saturated heterocycles. The second-order valence-electron chi connectivity index (χ2n) is 2.72.